The Hall–Kier alpha value is -2.71. The average molecular weight is 557 g/mol. The third-order valence-corrected chi connectivity index (χ3v) is 7.88. The van der Waals surface area contributed by atoms with Crippen molar-refractivity contribution in [3.63, 3.8) is 0 Å². The normalized spacial score (nSPS) is 18.9. The van der Waals surface area contributed by atoms with E-state index in [2.05, 4.69) is 29.4 Å². The average Bonchev–Trinajstić information content (AvgIpc) is 2.93. The van der Waals surface area contributed by atoms with Crippen LogP contribution in [-0.4, -0.2) is 83.0 Å². The first-order valence-electron chi connectivity index (χ1n) is 14.8. The number of carbonyl (C=O) groups is 3. The molecule has 3 N–H and O–H groups in total. The largest absolute Gasteiger partial charge is 0.394 e. The summed E-state index contributed by atoms with van der Waals surface area (Å²) in [7, 11) is 1.74. The van der Waals surface area contributed by atoms with E-state index in [1.807, 2.05) is 64.1 Å². The molecule has 1 fully saturated rings. The Morgan fingerprint density at radius 2 is 1.68 bits per heavy atom. The quantitative estimate of drug-likeness (QED) is 0.323. The predicted octanol–water partition coefficient (Wildman–Crippen LogP) is 3.54. The van der Waals surface area contributed by atoms with E-state index in [1.165, 1.54) is 0 Å². The lowest BCUT2D eigenvalue weighted by Crippen LogP contribution is -2.58. The highest BCUT2D eigenvalue weighted by Crippen LogP contribution is 2.21. The summed E-state index contributed by atoms with van der Waals surface area (Å²) in [5, 5.41) is 15.9. The van der Waals surface area contributed by atoms with E-state index in [0.29, 0.717) is 12.0 Å². The minimum Gasteiger partial charge on any atom is -0.394 e. The summed E-state index contributed by atoms with van der Waals surface area (Å²) >= 11 is 0. The number of amides is 3. The van der Waals surface area contributed by atoms with Gasteiger partial charge in [-0.2, -0.15) is 0 Å². The fourth-order valence-electron chi connectivity index (χ4n) is 5.43. The summed E-state index contributed by atoms with van der Waals surface area (Å²) < 4.78 is 0. The Balaban J connectivity index is 2.15. The molecule has 0 unspecified atom stereocenters. The highest BCUT2D eigenvalue weighted by Gasteiger charge is 2.36. The molecular weight excluding hydrogens is 504 g/mol. The summed E-state index contributed by atoms with van der Waals surface area (Å²) in [6, 6.07) is 8.32. The number of benzene rings is 1. The molecule has 224 valence electrons. The van der Waals surface area contributed by atoms with Crippen molar-refractivity contribution in [2.24, 2.45) is 11.8 Å². The minimum atomic E-state index is -0.665. The Labute approximate surface area is 241 Å². The van der Waals surface area contributed by atoms with E-state index in [1.54, 1.807) is 18.9 Å². The summed E-state index contributed by atoms with van der Waals surface area (Å²) in [5.74, 6) is -0.598. The van der Waals surface area contributed by atoms with Crippen molar-refractivity contribution in [2.75, 3.05) is 20.2 Å². The van der Waals surface area contributed by atoms with Crippen LogP contribution >= 0.6 is 0 Å². The first kappa shape index (κ1) is 33.5. The highest BCUT2D eigenvalue weighted by molar-refractivity contribution is 5.93. The van der Waals surface area contributed by atoms with Gasteiger partial charge in [-0.1, -0.05) is 70.5 Å². The van der Waals surface area contributed by atoms with Gasteiger partial charge in [-0.25, -0.2) is 0 Å². The van der Waals surface area contributed by atoms with Gasteiger partial charge in [-0.3, -0.25) is 19.3 Å². The van der Waals surface area contributed by atoms with Crippen LogP contribution in [-0.2, 0) is 20.8 Å². The molecule has 1 saturated heterocycles. The number of hydrogen-bond acceptors (Lipinski definition) is 5. The van der Waals surface area contributed by atoms with E-state index >= 15 is 0 Å². The monoisotopic (exact) mass is 556 g/mol. The van der Waals surface area contributed by atoms with Crippen LogP contribution in [0.25, 0.3) is 0 Å². The van der Waals surface area contributed by atoms with Gasteiger partial charge in [0.05, 0.1) is 24.7 Å². The zero-order valence-corrected chi connectivity index (χ0v) is 25.8. The van der Waals surface area contributed by atoms with Gasteiger partial charge in [0.2, 0.25) is 17.7 Å². The Kier molecular flexibility index (Phi) is 13.3. The fourth-order valence-corrected chi connectivity index (χ4v) is 5.43. The van der Waals surface area contributed by atoms with Crippen LogP contribution < -0.4 is 10.6 Å². The molecule has 0 spiro atoms. The molecular formula is C32H52N4O4. The molecule has 1 aromatic rings. The number of rotatable bonds is 13. The van der Waals surface area contributed by atoms with Crippen LogP contribution in [0.2, 0.25) is 0 Å². The summed E-state index contributed by atoms with van der Waals surface area (Å²) in [4.78, 5) is 44.1. The molecule has 8 heteroatoms. The number of carbonyl (C=O) groups excluding carboxylic acids is 3. The van der Waals surface area contributed by atoms with Gasteiger partial charge in [-0.05, 0) is 64.0 Å². The molecule has 3 amide bonds. The number of aliphatic hydroxyl groups is 1. The third-order valence-electron chi connectivity index (χ3n) is 7.88. The first-order chi connectivity index (χ1) is 18.9. The smallest absolute Gasteiger partial charge is 0.246 e. The lowest BCUT2D eigenvalue weighted by molar-refractivity contribution is -0.140. The van der Waals surface area contributed by atoms with Crippen molar-refractivity contribution in [1.82, 2.24) is 20.4 Å². The Morgan fingerprint density at radius 3 is 2.23 bits per heavy atom. The van der Waals surface area contributed by atoms with Crippen LogP contribution in [0.5, 0.6) is 0 Å². The second kappa shape index (κ2) is 15.9. The molecule has 0 radical (unpaired) electrons. The topological polar surface area (TPSA) is 102 Å². The van der Waals surface area contributed by atoms with Gasteiger partial charge >= 0.3 is 0 Å². The minimum absolute atomic E-state index is 0.0351. The molecule has 1 aromatic carbocycles. The number of likely N-dealkylation sites (tertiary alicyclic amines) is 1. The van der Waals surface area contributed by atoms with Crippen molar-refractivity contribution in [2.45, 2.75) is 104 Å². The van der Waals surface area contributed by atoms with Crippen molar-refractivity contribution < 1.29 is 19.5 Å². The zero-order chi connectivity index (χ0) is 30.0. The SMILES string of the molecule is C/C(=C\[C@H](C(C)C)N(C)C(=O)[C@@H](NC(=O)[C@H]1CCCCN1C(C)C)C(C)C)C(=O)N[C@@H](CO)Cc1ccccc1. The molecule has 1 heterocycles. The number of aliphatic hydroxyl groups excluding tert-OH is 1. The van der Waals surface area contributed by atoms with Crippen molar-refractivity contribution in [1.29, 1.82) is 0 Å². The molecule has 0 aromatic heterocycles. The van der Waals surface area contributed by atoms with Crippen molar-refractivity contribution in [3.8, 4) is 0 Å². The van der Waals surface area contributed by atoms with Crippen LogP contribution in [0.1, 0.15) is 73.3 Å². The molecule has 1 aliphatic heterocycles. The number of piperidine rings is 1. The van der Waals surface area contributed by atoms with Crippen LogP contribution in [0.15, 0.2) is 42.0 Å². The van der Waals surface area contributed by atoms with Gasteiger partial charge in [0.1, 0.15) is 6.04 Å². The van der Waals surface area contributed by atoms with Gasteiger partial charge < -0.3 is 20.6 Å². The van der Waals surface area contributed by atoms with Gasteiger partial charge in [0, 0.05) is 18.7 Å². The second-order valence-corrected chi connectivity index (χ2v) is 12.1. The predicted molar refractivity (Wildman–Crippen MR) is 161 cm³/mol. The standard InChI is InChI=1S/C32H52N4O4/c1-21(2)28(18-24(7)30(38)33-26(20-37)19-25-14-10-9-11-15-25)35(8)32(40)29(22(3)4)34-31(39)27-16-12-13-17-36(27)23(5)6/h9-11,14-15,18,21-23,26-29,37H,12-13,16-17,19-20H2,1-8H3,(H,33,38)(H,34,39)/b24-18+/t26-,27-,28-,29+/m1/s1. The van der Waals surface area contributed by atoms with Crippen molar-refractivity contribution >= 4 is 17.7 Å². The third kappa shape index (κ3) is 9.44. The summed E-state index contributed by atoms with van der Waals surface area (Å²) in [6.07, 6.45) is 5.22. The lowest BCUT2D eigenvalue weighted by atomic mass is 9.95. The maximum absolute atomic E-state index is 13.8. The number of hydrogen-bond donors (Lipinski definition) is 3. The van der Waals surface area contributed by atoms with Gasteiger partial charge in [0.15, 0.2) is 0 Å². The lowest BCUT2D eigenvalue weighted by Gasteiger charge is -2.39. The van der Waals surface area contributed by atoms with E-state index in [9.17, 15) is 19.5 Å². The van der Waals surface area contributed by atoms with Crippen LogP contribution in [0, 0.1) is 11.8 Å². The molecule has 4 atom stereocenters. The molecule has 2 rings (SSSR count). The van der Waals surface area contributed by atoms with Crippen LogP contribution in [0.3, 0.4) is 0 Å². The summed E-state index contributed by atoms with van der Waals surface area (Å²) in [5.41, 5.74) is 1.50. The summed E-state index contributed by atoms with van der Waals surface area (Å²) in [6.45, 7) is 14.5. The van der Waals surface area contributed by atoms with Crippen molar-refractivity contribution in [3.05, 3.63) is 47.5 Å². The van der Waals surface area contributed by atoms with E-state index in [-0.39, 0.29) is 54.3 Å². The fraction of sp³-hybridized carbons (Fsp3) is 0.656. The molecule has 0 aliphatic carbocycles. The maximum atomic E-state index is 13.8. The Morgan fingerprint density at radius 1 is 1.02 bits per heavy atom. The molecule has 0 bridgehead atoms. The number of nitrogens with zero attached hydrogens (tertiary/aromatic N) is 2. The van der Waals surface area contributed by atoms with E-state index in [0.717, 1.165) is 31.4 Å². The van der Waals surface area contributed by atoms with Crippen LogP contribution in [0.4, 0.5) is 0 Å². The van der Waals surface area contributed by atoms with E-state index < -0.39 is 12.1 Å². The van der Waals surface area contributed by atoms with Gasteiger partial charge in [-0.15, -0.1) is 0 Å². The highest BCUT2D eigenvalue weighted by atomic mass is 16.3. The maximum Gasteiger partial charge on any atom is 0.246 e. The first-order valence-corrected chi connectivity index (χ1v) is 14.8. The molecule has 1 aliphatic rings. The number of nitrogens with one attached hydrogen (secondary N) is 2. The Bertz CT molecular complexity index is 992. The van der Waals surface area contributed by atoms with E-state index in [4.69, 9.17) is 0 Å². The molecule has 40 heavy (non-hydrogen) atoms. The van der Waals surface area contributed by atoms with Gasteiger partial charge in [0.25, 0.3) is 0 Å². The molecule has 8 nitrogen and oxygen atoms in total. The molecule has 0 saturated carbocycles. The number of likely N-dealkylation sites (N-methyl/N-ethyl adjacent to an activating group) is 1. The second-order valence-electron chi connectivity index (χ2n) is 12.1. The zero-order valence-electron chi connectivity index (χ0n) is 25.8.